The molecular formula is C10H24N2O3. The lowest BCUT2D eigenvalue weighted by molar-refractivity contribution is -0.152. The molecule has 0 saturated carbocycles. The van der Waals surface area contributed by atoms with Crippen molar-refractivity contribution in [2.45, 2.75) is 39.7 Å². The fraction of sp³-hybridized carbons (Fsp3) is 0.800. The summed E-state index contributed by atoms with van der Waals surface area (Å²) in [4.78, 5) is 19.7. The number of hydrogen-bond acceptors (Lipinski definition) is 5. The summed E-state index contributed by atoms with van der Waals surface area (Å²) in [5.74, 6) is -0.359. The molecule has 0 spiro atoms. The highest BCUT2D eigenvalue weighted by molar-refractivity contribution is 5.71. The number of nitrogens with two attached hydrogens (primary N) is 2. The minimum atomic E-state index is -0.406. The minimum Gasteiger partial charge on any atom is -0.459 e. The molecule has 0 heterocycles. The van der Waals surface area contributed by atoms with Gasteiger partial charge in [0.15, 0.2) is 0 Å². The molecule has 15 heavy (non-hydrogen) atoms. The average Bonchev–Trinajstić information content (AvgIpc) is 2.19. The highest BCUT2D eigenvalue weighted by Crippen LogP contribution is 2.05. The molecule has 5 heteroatoms. The summed E-state index contributed by atoms with van der Waals surface area (Å²) in [5, 5.41) is 0. The van der Waals surface area contributed by atoms with Crippen LogP contribution in [0.25, 0.3) is 0 Å². The van der Waals surface area contributed by atoms with Crippen LogP contribution in [0.4, 0.5) is 0 Å². The largest absolute Gasteiger partial charge is 0.459 e. The third kappa shape index (κ3) is 32.1. The van der Waals surface area contributed by atoms with Crippen molar-refractivity contribution in [3.05, 3.63) is 0 Å². The van der Waals surface area contributed by atoms with Crippen LogP contribution < -0.4 is 11.5 Å². The quantitative estimate of drug-likeness (QED) is 0.520. The zero-order valence-electron chi connectivity index (χ0n) is 10.4. The van der Waals surface area contributed by atoms with Gasteiger partial charge in [-0.1, -0.05) is 6.92 Å². The Morgan fingerprint density at radius 1 is 1.33 bits per heavy atom. The number of rotatable bonds is 2. The number of hydrogen-bond donors (Lipinski definition) is 2. The Kier molecular flexibility index (Phi) is 17.1. The third-order valence-electron chi connectivity index (χ3n) is 0.753. The molecule has 0 radical (unpaired) electrons. The summed E-state index contributed by atoms with van der Waals surface area (Å²) < 4.78 is 4.82. The smallest absolute Gasteiger partial charge is 0.320 e. The van der Waals surface area contributed by atoms with Crippen LogP contribution in [0.2, 0.25) is 0 Å². The van der Waals surface area contributed by atoms with Gasteiger partial charge in [0.05, 0.1) is 6.54 Å². The molecule has 5 nitrogen and oxygen atoms in total. The number of carbonyl (C=O) groups excluding carboxylic acids is 2. The normalized spacial score (nSPS) is 8.73. The topological polar surface area (TPSA) is 95.4 Å². The minimum absolute atomic E-state index is 0.0444. The maximum atomic E-state index is 10.5. The van der Waals surface area contributed by atoms with Crippen LogP contribution >= 0.6 is 0 Å². The molecule has 0 aromatic rings. The Hall–Kier alpha value is -0.940. The Morgan fingerprint density at radius 2 is 1.67 bits per heavy atom. The SMILES string of the molecule is CC(C)(C)OC(=O)CN.CCC=O.CN. The molecule has 0 fully saturated rings. The molecule has 0 aliphatic heterocycles. The highest BCUT2D eigenvalue weighted by atomic mass is 16.6. The fourth-order valence-corrected chi connectivity index (χ4v) is 0.383. The van der Waals surface area contributed by atoms with Gasteiger partial charge in [0, 0.05) is 6.42 Å². The van der Waals surface area contributed by atoms with Crippen molar-refractivity contribution in [1.29, 1.82) is 0 Å². The number of esters is 1. The van der Waals surface area contributed by atoms with Gasteiger partial charge in [0.2, 0.25) is 0 Å². The van der Waals surface area contributed by atoms with Gasteiger partial charge in [-0.15, -0.1) is 0 Å². The van der Waals surface area contributed by atoms with Gasteiger partial charge in [-0.25, -0.2) is 0 Å². The Morgan fingerprint density at radius 3 is 1.73 bits per heavy atom. The average molecular weight is 220 g/mol. The van der Waals surface area contributed by atoms with Crippen LogP contribution in [-0.2, 0) is 14.3 Å². The number of carbonyl (C=O) groups is 2. The Balaban J connectivity index is -0.000000202. The van der Waals surface area contributed by atoms with Crippen molar-refractivity contribution in [3.8, 4) is 0 Å². The van der Waals surface area contributed by atoms with Crippen LogP contribution in [0, 0.1) is 0 Å². The molecule has 0 amide bonds. The van der Waals surface area contributed by atoms with Crippen molar-refractivity contribution in [1.82, 2.24) is 0 Å². The van der Waals surface area contributed by atoms with Crippen molar-refractivity contribution in [3.63, 3.8) is 0 Å². The summed E-state index contributed by atoms with van der Waals surface area (Å²) in [6, 6.07) is 0. The zero-order valence-corrected chi connectivity index (χ0v) is 10.4. The molecule has 0 aliphatic carbocycles. The van der Waals surface area contributed by atoms with E-state index in [0.717, 1.165) is 6.29 Å². The van der Waals surface area contributed by atoms with Crippen molar-refractivity contribution >= 4 is 12.3 Å². The van der Waals surface area contributed by atoms with E-state index in [2.05, 4.69) is 5.73 Å². The van der Waals surface area contributed by atoms with E-state index in [9.17, 15) is 9.59 Å². The number of ether oxygens (including phenoxy) is 1. The van der Waals surface area contributed by atoms with Crippen LogP contribution in [0.1, 0.15) is 34.1 Å². The predicted molar refractivity (Wildman–Crippen MR) is 61.4 cm³/mol. The second kappa shape index (κ2) is 13.1. The van der Waals surface area contributed by atoms with Crippen molar-refractivity contribution < 1.29 is 14.3 Å². The van der Waals surface area contributed by atoms with Gasteiger partial charge in [0.1, 0.15) is 11.9 Å². The van der Waals surface area contributed by atoms with Crippen molar-refractivity contribution in [2.75, 3.05) is 13.6 Å². The lowest BCUT2D eigenvalue weighted by atomic mass is 10.2. The maximum Gasteiger partial charge on any atom is 0.320 e. The molecule has 0 rings (SSSR count). The first-order valence-corrected chi connectivity index (χ1v) is 4.80. The van der Waals surface area contributed by atoms with E-state index in [0.29, 0.717) is 6.42 Å². The molecule has 0 atom stereocenters. The highest BCUT2D eigenvalue weighted by Gasteiger charge is 2.13. The van der Waals surface area contributed by atoms with Gasteiger partial charge >= 0.3 is 5.97 Å². The first-order valence-electron chi connectivity index (χ1n) is 4.80. The van der Waals surface area contributed by atoms with Gasteiger partial charge in [-0.05, 0) is 27.8 Å². The van der Waals surface area contributed by atoms with Crippen LogP contribution in [-0.4, -0.2) is 31.4 Å². The Labute approximate surface area is 92.2 Å². The summed E-state index contributed by atoms with van der Waals surface area (Å²) in [6.07, 6.45) is 1.51. The van der Waals surface area contributed by atoms with E-state index in [1.807, 2.05) is 6.92 Å². The van der Waals surface area contributed by atoms with Crippen LogP contribution in [0.3, 0.4) is 0 Å². The molecule has 0 aromatic carbocycles. The van der Waals surface area contributed by atoms with E-state index in [-0.39, 0.29) is 12.5 Å². The van der Waals surface area contributed by atoms with Gasteiger partial charge in [0.25, 0.3) is 0 Å². The summed E-state index contributed by atoms with van der Waals surface area (Å²) in [6.45, 7) is 7.19. The van der Waals surface area contributed by atoms with E-state index < -0.39 is 5.60 Å². The van der Waals surface area contributed by atoms with Gasteiger partial charge in [-0.2, -0.15) is 0 Å². The van der Waals surface area contributed by atoms with Crippen LogP contribution in [0.5, 0.6) is 0 Å². The molecule has 92 valence electrons. The Bertz CT molecular complexity index is 153. The fourth-order valence-electron chi connectivity index (χ4n) is 0.383. The van der Waals surface area contributed by atoms with E-state index in [4.69, 9.17) is 10.5 Å². The summed E-state index contributed by atoms with van der Waals surface area (Å²) in [5.41, 5.74) is 9.10. The lowest BCUT2D eigenvalue weighted by Crippen LogP contribution is -2.28. The third-order valence-corrected chi connectivity index (χ3v) is 0.753. The second-order valence-electron chi connectivity index (χ2n) is 3.37. The molecule has 0 saturated heterocycles. The van der Waals surface area contributed by atoms with E-state index in [1.165, 1.54) is 7.05 Å². The zero-order chi connectivity index (χ0) is 12.9. The molecule has 0 bridgehead atoms. The van der Waals surface area contributed by atoms with Gasteiger partial charge in [-0.3, -0.25) is 4.79 Å². The van der Waals surface area contributed by atoms with E-state index in [1.54, 1.807) is 20.8 Å². The molecule has 0 aliphatic rings. The van der Waals surface area contributed by atoms with Crippen molar-refractivity contribution in [2.24, 2.45) is 11.5 Å². The molecule has 0 unspecified atom stereocenters. The molecule has 0 aromatic heterocycles. The first-order chi connectivity index (χ1) is 6.87. The molecular weight excluding hydrogens is 196 g/mol. The van der Waals surface area contributed by atoms with Gasteiger partial charge < -0.3 is 21.0 Å². The standard InChI is InChI=1S/C6H13NO2.C3H6O.CH5N/c1-6(2,3)9-5(8)4-7;1-2-3-4;1-2/h4,7H2,1-3H3;3H,2H2,1H3;2H2,1H3. The maximum absolute atomic E-state index is 10.5. The second-order valence-corrected chi connectivity index (χ2v) is 3.37. The summed E-state index contributed by atoms with van der Waals surface area (Å²) >= 11 is 0. The first kappa shape index (κ1) is 19.6. The summed E-state index contributed by atoms with van der Waals surface area (Å²) in [7, 11) is 1.50. The molecule has 4 N–H and O–H groups in total. The van der Waals surface area contributed by atoms with Crippen LogP contribution in [0.15, 0.2) is 0 Å². The van der Waals surface area contributed by atoms with E-state index >= 15 is 0 Å². The lowest BCUT2D eigenvalue weighted by Gasteiger charge is -2.18. The predicted octanol–water partition coefficient (Wildman–Crippen LogP) is 0.457. The number of aldehydes is 1. The monoisotopic (exact) mass is 220 g/mol.